The third kappa shape index (κ3) is 3.57. The SMILES string of the molecule is Cn1cc(CCNc2ccc(Br)cc2Br)cn1. The van der Waals surface area contributed by atoms with Crippen molar-refractivity contribution in [3.63, 3.8) is 0 Å². The number of aryl methyl sites for hydroxylation is 1. The quantitative estimate of drug-likeness (QED) is 0.904. The Bertz CT molecular complexity index is 508. The molecule has 90 valence electrons. The number of nitrogens with zero attached hydrogens (tertiary/aromatic N) is 2. The number of benzene rings is 1. The van der Waals surface area contributed by atoms with Gasteiger partial charge in [-0.2, -0.15) is 5.10 Å². The van der Waals surface area contributed by atoms with Crippen molar-refractivity contribution in [1.82, 2.24) is 9.78 Å². The van der Waals surface area contributed by atoms with Gasteiger partial charge in [-0.3, -0.25) is 4.68 Å². The summed E-state index contributed by atoms with van der Waals surface area (Å²) in [4.78, 5) is 0. The molecular formula is C12H13Br2N3. The third-order valence-electron chi connectivity index (χ3n) is 2.42. The molecule has 1 N–H and O–H groups in total. The van der Waals surface area contributed by atoms with Crippen molar-refractivity contribution < 1.29 is 0 Å². The minimum Gasteiger partial charge on any atom is -0.384 e. The number of halogens is 2. The Morgan fingerprint density at radius 3 is 2.82 bits per heavy atom. The highest BCUT2D eigenvalue weighted by molar-refractivity contribution is 9.11. The number of rotatable bonds is 4. The first-order chi connectivity index (χ1) is 8.15. The Labute approximate surface area is 117 Å². The molecule has 1 heterocycles. The van der Waals surface area contributed by atoms with Crippen LogP contribution in [0.15, 0.2) is 39.5 Å². The molecule has 0 radical (unpaired) electrons. The van der Waals surface area contributed by atoms with Crippen LogP contribution in [0.5, 0.6) is 0 Å². The molecule has 0 saturated heterocycles. The molecule has 5 heteroatoms. The van der Waals surface area contributed by atoms with E-state index in [1.54, 1.807) is 0 Å². The molecule has 0 aliphatic heterocycles. The van der Waals surface area contributed by atoms with Gasteiger partial charge in [-0.1, -0.05) is 15.9 Å². The van der Waals surface area contributed by atoms with Crippen LogP contribution in [0.4, 0.5) is 5.69 Å². The van der Waals surface area contributed by atoms with Gasteiger partial charge < -0.3 is 5.32 Å². The van der Waals surface area contributed by atoms with Crippen molar-refractivity contribution in [2.24, 2.45) is 7.05 Å². The summed E-state index contributed by atoms with van der Waals surface area (Å²) in [6, 6.07) is 6.11. The van der Waals surface area contributed by atoms with Crippen LogP contribution in [-0.4, -0.2) is 16.3 Å². The van der Waals surface area contributed by atoms with Crippen LogP contribution in [0, 0.1) is 0 Å². The van der Waals surface area contributed by atoms with Crippen LogP contribution < -0.4 is 5.32 Å². The summed E-state index contributed by atoms with van der Waals surface area (Å²) < 4.78 is 3.96. The minimum absolute atomic E-state index is 0.895. The number of hydrogen-bond acceptors (Lipinski definition) is 2. The molecule has 0 spiro atoms. The molecule has 0 bridgehead atoms. The molecule has 0 fully saturated rings. The van der Waals surface area contributed by atoms with Crippen molar-refractivity contribution in [2.75, 3.05) is 11.9 Å². The fourth-order valence-corrected chi connectivity index (χ4v) is 2.76. The molecule has 0 atom stereocenters. The summed E-state index contributed by atoms with van der Waals surface area (Å²) in [6.45, 7) is 0.895. The lowest BCUT2D eigenvalue weighted by molar-refractivity contribution is 0.767. The van der Waals surface area contributed by atoms with Gasteiger partial charge in [-0.25, -0.2) is 0 Å². The molecule has 1 aromatic carbocycles. The second kappa shape index (κ2) is 5.69. The molecule has 3 nitrogen and oxygen atoms in total. The Balaban J connectivity index is 1.90. The fourth-order valence-electron chi connectivity index (χ4n) is 1.58. The first kappa shape index (κ1) is 12.6. The Morgan fingerprint density at radius 2 is 2.18 bits per heavy atom. The van der Waals surface area contributed by atoms with E-state index < -0.39 is 0 Å². The van der Waals surface area contributed by atoms with Crippen molar-refractivity contribution in [1.29, 1.82) is 0 Å². The summed E-state index contributed by atoms with van der Waals surface area (Å²) in [5.74, 6) is 0. The predicted molar refractivity (Wildman–Crippen MR) is 77.2 cm³/mol. The van der Waals surface area contributed by atoms with Crippen LogP contribution in [0.3, 0.4) is 0 Å². The van der Waals surface area contributed by atoms with Crippen LogP contribution in [0.2, 0.25) is 0 Å². The Kier molecular flexibility index (Phi) is 4.23. The highest BCUT2D eigenvalue weighted by Gasteiger charge is 2.00. The number of anilines is 1. The smallest absolute Gasteiger partial charge is 0.0522 e. The first-order valence-electron chi connectivity index (χ1n) is 5.31. The normalized spacial score (nSPS) is 10.5. The van der Waals surface area contributed by atoms with E-state index in [4.69, 9.17) is 0 Å². The van der Waals surface area contributed by atoms with Gasteiger partial charge >= 0.3 is 0 Å². The van der Waals surface area contributed by atoms with Crippen LogP contribution in [0.25, 0.3) is 0 Å². The first-order valence-corrected chi connectivity index (χ1v) is 6.90. The lowest BCUT2D eigenvalue weighted by Gasteiger charge is -2.08. The molecule has 0 saturated carbocycles. The van der Waals surface area contributed by atoms with Crippen molar-refractivity contribution in [3.8, 4) is 0 Å². The monoisotopic (exact) mass is 357 g/mol. The van der Waals surface area contributed by atoms with Gasteiger partial charge in [0, 0.05) is 34.4 Å². The lowest BCUT2D eigenvalue weighted by Crippen LogP contribution is -2.04. The van der Waals surface area contributed by atoms with E-state index in [-0.39, 0.29) is 0 Å². The average molecular weight is 359 g/mol. The predicted octanol–water partition coefficient (Wildman–Crippen LogP) is 3.60. The van der Waals surface area contributed by atoms with Crippen LogP contribution in [-0.2, 0) is 13.5 Å². The average Bonchev–Trinajstić information content (AvgIpc) is 2.68. The van der Waals surface area contributed by atoms with E-state index in [1.165, 1.54) is 5.56 Å². The highest BCUT2D eigenvalue weighted by Crippen LogP contribution is 2.25. The summed E-state index contributed by atoms with van der Waals surface area (Å²) in [7, 11) is 1.93. The molecule has 0 aliphatic carbocycles. The molecule has 2 rings (SSSR count). The van der Waals surface area contributed by atoms with Crippen molar-refractivity contribution in [3.05, 3.63) is 45.1 Å². The third-order valence-corrected chi connectivity index (χ3v) is 3.57. The van der Waals surface area contributed by atoms with E-state index >= 15 is 0 Å². The number of nitrogens with one attached hydrogen (secondary N) is 1. The molecular weight excluding hydrogens is 346 g/mol. The van der Waals surface area contributed by atoms with E-state index in [0.717, 1.165) is 27.6 Å². The Morgan fingerprint density at radius 1 is 1.35 bits per heavy atom. The maximum Gasteiger partial charge on any atom is 0.0522 e. The maximum atomic E-state index is 4.14. The van der Waals surface area contributed by atoms with Crippen molar-refractivity contribution >= 4 is 37.5 Å². The van der Waals surface area contributed by atoms with Gasteiger partial charge in [0.2, 0.25) is 0 Å². The molecule has 0 unspecified atom stereocenters. The second-order valence-corrected chi connectivity index (χ2v) is 5.59. The van der Waals surface area contributed by atoms with Gasteiger partial charge in [0.15, 0.2) is 0 Å². The Hall–Kier alpha value is -0.810. The van der Waals surface area contributed by atoms with Crippen molar-refractivity contribution in [2.45, 2.75) is 6.42 Å². The van der Waals surface area contributed by atoms with E-state index in [1.807, 2.05) is 36.3 Å². The minimum atomic E-state index is 0.895. The summed E-state index contributed by atoms with van der Waals surface area (Å²) in [6.07, 6.45) is 4.91. The molecule has 17 heavy (non-hydrogen) atoms. The molecule has 0 aliphatic rings. The van der Waals surface area contributed by atoms with E-state index in [0.29, 0.717) is 0 Å². The number of hydrogen-bond donors (Lipinski definition) is 1. The van der Waals surface area contributed by atoms with Gasteiger partial charge in [0.25, 0.3) is 0 Å². The summed E-state index contributed by atoms with van der Waals surface area (Å²) >= 11 is 6.96. The van der Waals surface area contributed by atoms with E-state index in [2.05, 4.69) is 48.3 Å². The second-order valence-electron chi connectivity index (χ2n) is 3.82. The van der Waals surface area contributed by atoms with Gasteiger partial charge in [0.05, 0.1) is 6.20 Å². The van der Waals surface area contributed by atoms with Gasteiger partial charge in [-0.15, -0.1) is 0 Å². The zero-order chi connectivity index (χ0) is 12.3. The summed E-state index contributed by atoms with van der Waals surface area (Å²) in [5, 5.41) is 7.54. The zero-order valence-corrected chi connectivity index (χ0v) is 12.6. The molecule has 2 aromatic rings. The topological polar surface area (TPSA) is 29.9 Å². The number of aromatic nitrogens is 2. The van der Waals surface area contributed by atoms with Gasteiger partial charge in [-0.05, 0) is 46.1 Å². The lowest BCUT2D eigenvalue weighted by atomic mass is 10.2. The van der Waals surface area contributed by atoms with Crippen LogP contribution in [0.1, 0.15) is 5.56 Å². The van der Waals surface area contributed by atoms with Gasteiger partial charge in [0.1, 0.15) is 0 Å². The highest BCUT2D eigenvalue weighted by atomic mass is 79.9. The van der Waals surface area contributed by atoms with E-state index in [9.17, 15) is 0 Å². The maximum absolute atomic E-state index is 4.14. The standard InChI is InChI=1S/C12H13Br2N3/c1-17-8-9(7-16-17)4-5-15-12-3-2-10(13)6-11(12)14/h2-3,6-8,15H,4-5H2,1H3. The largest absolute Gasteiger partial charge is 0.384 e. The molecule has 0 amide bonds. The molecule has 1 aromatic heterocycles. The van der Waals surface area contributed by atoms with Crippen LogP contribution >= 0.6 is 31.9 Å². The fraction of sp³-hybridized carbons (Fsp3) is 0.250. The zero-order valence-electron chi connectivity index (χ0n) is 9.45. The summed E-state index contributed by atoms with van der Waals surface area (Å²) in [5.41, 5.74) is 2.35.